The van der Waals surface area contributed by atoms with Crippen molar-refractivity contribution < 1.29 is 14.0 Å². The van der Waals surface area contributed by atoms with Crippen molar-refractivity contribution in [3.63, 3.8) is 0 Å². The maximum absolute atomic E-state index is 12.1. The minimum atomic E-state index is -0.493. The van der Waals surface area contributed by atoms with Gasteiger partial charge >= 0.3 is 6.03 Å². The van der Waals surface area contributed by atoms with Gasteiger partial charge in [0.1, 0.15) is 11.8 Å². The minimum Gasteiger partial charge on any atom is -0.467 e. The first-order valence-electron chi connectivity index (χ1n) is 5.98. The van der Waals surface area contributed by atoms with Crippen LogP contribution >= 0.6 is 0 Å². The third-order valence-corrected chi connectivity index (χ3v) is 2.87. The fourth-order valence-corrected chi connectivity index (χ4v) is 2.09. The Balaban J connectivity index is 2.38. The van der Waals surface area contributed by atoms with Crippen LogP contribution in [0.2, 0.25) is 0 Å². The topological polar surface area (TPSA) is 71.3 Å². The molecular weight excluding hydrogens is 232 g/mol. The van der Waals surface area contributed by atoms with Crippen molar-refractivity contribution in [2.45, 2.75) is 32.7 Å². The molecule has 1 aliphatic heterocycles. The SMILES string of the molecule is CCCC(=O)C1=C(C)NC(=O)NC1c1ccco1. The van der Waals surface area contributed by atoms with Crippen LogP contribution in [-0.4, -0.2) is 11.8 Å². The zero-order valence-electron chi connectivity index (χ0n) is 10.4. The lowest BCUT2D eigenvalue weighted by Crippen LogP contribution is -2.44. The number of rotatable bonds is 4. The molecule has 2 N–H and O–H groups in total. The molecule has 0 fully saturated rings. The average molecular weight is 248 g/mol. The molecule has 96 valence electrons. The van der Waals surface area contributed by atoms with E-state index in [0.29, 0.717) is 23.5 Å². The summed E-state index contributed by atoms with van der Waals surface area (Å²) in [6.45, 7) is 3.68. The van der Waals surface area contributed by atoms with Crippen molar-refractivity contribution in [3.8, 4) is 0 Å². The number of carbonyl (C=O) groups is 2. The van der Waals surface area contributed by atoms with Crippen molar-refractivity contribution in [2.75, 3.05) is 0 Å². The fraction of sp³-hybridized carbons (Fsp3) is 0.385. The first-order valence-corrected chi connectivity index (χ1v) is 5.98. The highest BCUT2D eigenvalue weighted by Gasteiger charge is 2.31. The monoisotopic (exact) mass is 248 g/mol. The number of allylic oxidation sites excluding steroid dienone is 1. The van der Waals surface area contributed by atoms with Crippen LogP contribution in [0.15, 0.2) is 34.1 Å². The highest BCUT2D eigenvalue weighted by atomic mass is 16.3. The second-order valence-corrected chi connectivity index (χ2v) is 4.26. The molecule has 1 aliphatic rings. The van der Waals surface area contributed by atoms with Gasteiger partial charge in [-0.25, -0.2) is 4.79 Å². The fourth-order valence-electron chi connectivity index (χ4n) is 2.09. The van der Waals surface area contributed by atoms with Crippen LogP contribution in [0.4, 0.5) is 4.79 Å². The quantitative estimate of drug-likeness (QED) is 0.858. The van der Waals surface area contributed by atoms with Crippen molar-refractivity contribution in [3.05, 3.63) is 35.4 Å². The molecule has 0 bridgehead atoms. The highest BCUT2D eigenvalue weighted by molar-refractivity contribution is 5.99. The van der Waals surface area contributed by atoms with E-state index in [-0.39, 0.29) is 11.8 Å². The zero-order chi connectivity index (χ0) is 13.1. The molecule has 0 aliphatic carbocycles. The summed E-state index contributed by atoms with van der Waals surface area (Å²) in [5.41, 5.74) is 1.17. The number of Topliss-reactive ketones (excluding diaryl/α,β-unsaturated/α-hetero) is 1. The Labute approximate surface area is 105 Å². The molecule has 5 nitrogen and oxygen atoms in total. The van der Waals surface area contributed by atoms with Gasteiger partial charge in [-0.05, 0) is 25.5 Å². The van der Waals surface area contributed by atoms with Crippen molar-refractivity contribution in [2.24, 2.45) is 0 Å². The summed E-state index contributed by atoms with van der Waals surface area (Å²) in [6, 6.07) is 2.68. The summed E-state index contributed by atoms with van der Waals surface area (Å²) in [7, 11) is 0. The summed E-state index contributed by atoms with van der Waals surface area (Å²) < 4.78 is 5.30. The van der Waals surface area contributed by atoms with Gasteiger partial charge in [0.15, 0.2) is 5.78 Å². The molecule has 0 aromatic carbocycles. The number of hydrogen-bond acceptors (Lipinski definition) is 3. The summed E-state index contributed by atoms with van der Waals surface area (Å²) in [4.78, 5) is 23.6. The summed E-state index contributed by atoms with van der Waals surface area (Å²) >= 11 is 0. The van der Waals surface area contributed by atoms with Crippen molar-refractivity contribution in [1.29, 1.82) is 0 Å². The van der Waals surface area contributed by atoms with Gasteiger partial charge in [0, 0.05) is 17.7 Å². The van der Waals surface area contributed by atoms with E-state index >= 15 is 0 Å². The van der Waals surface area contributed by atoms with Crippen molar-refractivity contribution in [1.82, 2.24) is 10.6 Å². The first-order chi connectivity index (χ1) is 8.63. The van der Waals surface area contributed by atoms with Gasteiger partial charge < -0.3 is 15.1 Å². The Morgan fingerprint density at radius 3 is 2.89 bits per heavy atom. The van der Waals surface area contributed by atoms with Crippen molar-refractivity contribution >= 4 is 11.8 Å². The summed E-state index contributed by atoms with van der Waals surface area (Å²) in [6.07, 6.45) is 2.76. The molecule has 0 spiro atoms. The average Bonchev–Trinajstić information content (AvgIpc) is 2.81. The van der Waals surface area contributed by atoms with Crippen LogP contribution in [-0.2, 0) is 4.79 Å². The number of nitrogens with one attached hydrogen (secondary N) is 2. The Morgan fingerprint density at radius 2 is 2.28 bits per heavy atom. The predicted molar refractivity (Wildman–Crippen MR) is 65.7 cm³/mol. The second kappa shape index (κ2) is 5.08. The van der Waals surface area contributed by atoms with Crippen LogP contribution in [0.5, 0.6) is 0 Å². The van der Waals surface area contributed by atoms with Gasteiger partial charge in [-0.3, -0.25) is 4.79 Å². The molecule has 1 unspecified atom stereocenters. The second-order valence-electron chi connectivity index (χ2n) is 4.26. The predicted octanol–water partition coefficient (Wildman–Crippen LogP) is 2.28. The number of urea groups is 1. The third-order valence-electron chi connectivity index (χ3n) is 2.87. The highest BCUT2D eigenvalue weighted by Crippen LogP contribution is 2.28. The summed E-state index contributed by atoms with van der Waals surface area (Å²) in [5, 5.41) is 5.34. The van der Waals surface area contributed by atoms with Crippen LogP contribution in [0, 0.1) is 0 Å². The Morgan fingerprint density at radius 1 is 1.50 bits per heavy atom. The molecule has 1 aromatic heterocycles. The van der Waals surface area contributed by atoms with Crippen LogP contribution in [0.25, 0.3) is 0 Å². The van der Waals surface area contributed by atoms with E-state index in [1.807, 2.05) is 6.92 Å². The molecule has 0 saturated carbocycles. The molecule has 1 aromatic rings. The largest absolute Gasteiger partial charge is 0.467 e. The molecule has 5 heteroatoms. The van der Waals surface area contributed by atoms with E-state index in [2.05, 4.69) is 10.6 Å². The lowest BCUT2D eigenvalue weighted by Gasteiger charge is -2.26. The molecule has 0 saturated heterocycles. The zero-order valence-corrected chi connectivity index (χ0v) is 10.4. The lowest BCUT2D eigenvalue weighted by atomic mass is 9.94. The van der Waals surface area contributed by atoms with Crippen LogP contribution in [0.1, 0.15) is 38.5 Å². The van der Waals surface area contributed by atoms with Gasteiger partial charge in [0.25, 0.3) is 0 Å². The van der Waals surface area contributed by atoms with Gasteiger partial charge in [-0.1, -0.05) is 6.92 Å². The number of hydrogen-bond donors (Lipinski definition) is 2. The molecule has 1 atom stereocenters. The molecule has 2 heterocycles. The Bertz CT molecular complexity index is 488. The maximum atomic E-state index is 12.1. The third kappa shape index (κ3) is 2.30. The maximum Gasteiger partial charge on any atom is 0.319 e. The normalized spacial score (nSPS) is 19.4. The smallest absolute Gasteiger partial charge is 0.319 e. The van der Waals surface area contributed by atoms with Gasteiger partial charge in [-0.15, -0.1) is 0 Å². The first kappa shape index (κ1) is 12.4. The van der Waals surface area contributed by atoms with Gasteiger partial charge in [0.05, 0.1) is 6.26 Å². The Kier molecular flexibility index (Phi) is 3.50. The molecule has 2 rings (SSSR count). The number of carbonyl (C=O) groups excluding carboxylic acids is 2. The van der Waals surface area contributed by atoms with Gasteiger partial charge in [0.2, 0.25) is 0 Å². The number of furan rings is 1. The molecule has 18 heavy (non-hydrogen) atoms. The van der Waals surface area contributed by atoms with E-state index in [1.54, 1.807) is 19.1 Å². The van der Waals surface area contributed by atoms with E-state index in [9.17, 15) is 9.59 Å². The van der Waals surface area contributed by atoms with E-state index < -0.39 is 6.04 Å². The standard InChI is InChI=1S/C13H16N2O3/c1-3-5-9(16)11-8(2)14-13(17)15-12(11)10-6-4-7-18-10/h4,6-7,12H,3,5H2,1-2H3,(H2,14,15,17). The van der Waals surface area contributed by atoms with Crippen LogP contribution < -0.4 is 10.6 Å². The molecular formula is C13H16N2O3. The number of amides is 2. The minimum absolute atomic E-state index is 0.0314. The van der Waals surface area contributed by atoms with E-state index in [0.717, 1.165) is 6.42 Å². The summed E-state index contributed by atoms with van der Waals surface area (Å²) in [5.74, 6) is 0.604. The number of ketones is 1. The Hall–Kier alpha value is -2.04. The molecule has 0 radical (unpaired) electrons. The van der Waals surface area contributed by atoms with Crippen LogP contribution in [0.3, 0.4) is 0 Å². The van der Waals surface area contributed by atoms with E-state index in [4.69, 9.17) is 4.42 Å². The van der Waals surface area contributed by atoms with Gasteiger partial charge in [-0.2, -0.15) is 0 Å². The van der Waals surface area contributed by atoms with E-state index in [1.165, 1.54) is 6.26 Å². The lowest BCUT2D eigenvalue weighted by molar-refractivity contribution is -0.116. The molecule has 2 amide bonds.